The highest BCUT2D eigenvalue weighted by Gasteiger charge is 2.15. The molecular weight excluding hydrogens is 459 g/mol. The molecule has 4 rings (SSSR count). The zero-order valence-electron chi connectivity index (χ0n) is 18.0. The molecule has 0 saturated heterocycles. The minimum atomic E-state index is -0.636. The predicted molar refractivity (Wildman–Crippen MR) is 123 cm³/mol. The van der Waals surface area contributed by atoms with E-state index in [1.54, 1.807) is 11.4 Å². The molecule has 0 bridgehead atoms. The van der Waals surface area contributed by atoms with Gasteiger partial charge in [0.05, 0.1) is 12.1 Å². The number of hydrogen-bond acceptors (Lipinski definition) is 7. The summed E-state index contributed by atoms with van der Waals surface area (Å²) in [6, 6.07) is 18.3. The number of amides is 1. The lowest BCUT2D eigenvalue weighted by molar-refractivity contribution is -0.120. The average Bonchev–Trinajstić information content (AvgIpc) is 3.51. The van der Waals surface area contributed by atoms with Crippen LogP contribution in [-0.4, -0.2) is 16.9 Å². The van der Waals surface area contributed by atoms with Crippen molar-refractivity contribution in [1.29, 1.82) is 0 Å². The molecule has 174 valence electrons. The first-order valence-electron chi connectivity index (χ1n) is 10.4. The lowest BCUT2D eigenvalue weighted by Gasteiger charge is -2.04. The Morgan fingerprint density at radius 3 is 2.59 bits per heavy atom. The van der Waals surface area contributed by atoms with Crippen LogP contribution in [0.4, 0.5) is 4.39 Å². The van der Waals surface area contributed by atoms with Crippen molar-refractivity contribution in [3.8, 4) is 5.75 Å². The van der Waals surface area contributed by atoms with E-state index in [0.717, 1.165) is 5.56 Å². The monoisotopic (exact) mass is 480 g/mol. The molecule has 0 aliphatic carbocycles. The van der Waals surface area contributed by atoms with E-state index in [9.17, 15) is 14.0 Å². The van der Waals surface area contributed by atoms with Gasteiger partial charge in [-0.1, -0.05) is 30.3 Å². The standard InChI is InChI=1S/C25H21FN2O5S/c26-18-6-8-20(9-7-18)31-15-21-10-11-22(33-21)25(30)32-14-19-16-34-24(28-19)12-23(29)27-13-17-4-2-1-3-5-17/h1-11,16H,12-15H2,(H,27,29). The number of carbonyl (C=O) groups excluding carboxylic acids is 2. The summed E-state index contributed by atoms with van der Waals surface area (Å²) in [7, 11) is 0. The van der Waals surface area contributed by atoms with Crippen LogP contribution < -0.4 is 10.1 Å². The Balaban J connectivity index is 1.20. The van der Waals surface area contributed by atoms with Gasteiger partial charge in [0.1, 0.15) is 35.5 Å². The van der Waals surface area contributed by atoms with Gasteiger partial charge in [0.15, 0.2) is 0 Å². The molecule has 0 unspecified atom stereocenters. The zero-order chi connectivity index (χ0) is 23.8. The number of nitrogens with one attached hydrogen (secondary N) is 1. The molecule has 1 amide bonds. The number of halogens is 1. The number of rotatable bonds is 10. The van der Waals surface area contributed by atoms with Crippen LogP contribution in [0.2, 0.25) is 0 Å². The van der Waals surface area contributed by atoms with Crippen LogP contribution in [-0.2, 0) is 35.7 Å². The third-order valence-corrected chi connectivity index (χ3v) is 5.55. The number of hydrogen-bond donors (Lipinski definition) is 1. The molecule has 0 spiro atoms. The van der Waals surface area contributed by atoms with E-state index >= 15 is 0 Å². The number of esters is 1. The first-order valence-corrected chi connectivity index (χ1v) is 11.3. The molecule has 0 atom stereocenters. The van der Waals surface area contributed by atoms with Crippen LogP contribution in [0.1, 0.15) is 32.6 Å². The minimum absolute atomic E-state index is 0.0356. The molecule has 0 radical (unpaired) electrons. The molecule has 1 N–H and O–H groups in total. The molecule has 7 nitrogen and oxygen atoms in total. The summed E-state index contributed by atoms with van der Waals surface area (Å²) in [6.45, 7) is 0.499. The van der Waals surface area contributed by atoms with Gasteiger partial charge < -0.3 is 19.2 Å². The number of aromatic nitrogens is 1. The SMILES string of the molecule is O=C(Cc1nc(COC(=O)c2ccc(COc3ccc(F)cc3)o2)cs1)NCc1ccccc1. The van der Waals surface area contributed by atoms with E-state index in [1.807, 2.05) is 30.3 Å². The average molecular weight is 481 g/mol. The van der Waals surface area contributed by atoms with Crippen LogP contribution in [0.25, 0.3) is 0 Å². The van der Waals surface area contributed by atoms with E-state index in [-0.39, 0.29) is 37.1 Å². The van der Waals surface area contributed by atoms with Crippen LogP contribution in [0.3, 0.4) is 0 Å². The summed E-state index contributed by atoms with van der Waals surface area (Å²) in [4.78, 5) is 28.7. The molecule has 2 heterocycles. The van der Waals surface area contributed by atoms with E-state index in [2.05, 4.69) is 10.3 Å². The predicted octanol–water partition coefficient (Wildman–Crippen LogP) is 4.67. The molecule has 2 aromatic carbocycles. The Hall–Kier alpha value is -3.98. The van der Waals surface area contributed by atoms with Crippen LogP contribution >= 0.6 is 11.3 Å². The van der Waals surface area contributed by atoms with Crippen molar-refractivity contribution in [2.45, 2.75) is 26.2 Å². The van der Waals surface area contributed by atoms with Gasteiger partial charge in [0.2, 0.25) is 11.7 Å². The smallest absolute Gasteiger partial charge is 0.374 e. The lowest BCUT2D eigenvalue weighted by atomic mass is 10.2. The molecule has 9 heteroatoms. The summed E-state index contributed by atoms with van der Waals surface area (Å²) in [5.74, 6) is -0.179. The van der Waals surface area contributed by atoms with Gasteiger partial charge in [-0.2, -0.15) is 0 Å². The number of benzene rings is 2. The van der Waals surface area contributed by atoms with Crippen LogP contribution in [0.15, 0.2) is 76.5 Å². The van der Waals surface area contributed by atoms with Gasteiger partial charge in [0.25, 0.3) is 0 Å². The van der Waals surface area contributed by atoms with Crippen molar-refractivity contribution in [3.63, 3.8) is 0 Å². The van der Waals surface area contributed by atoms with E-state index in [1.165, 1.54) is 41.7 Å². The van der Waals surface area contributed by atoms with Crippen molar-refractivity contribution in [2.75, 3.05) is 0 Å². The molecule has 0 fully saturated rings. The van der Waals surface area contributed by atoms with Crippen molar-refractivity contribution >= 4 is 23.2 Å². The number of ether oxygens (including phenoxy) is 2. The lowest BCUT2D eigenvalue weighted by Crippen LogP contribution is -2.24. The van der Waals surface area contributed by atoms with Crippen LogP contribution in [0, 0.1) is 5.82 Å². The molecular formula is C25H21FN2O5S. The largest absolute Gasteiger partial charge is 0.486 e. The van der Waals surface area contributed by atoms with Gasteiger partial charge in [-0.25, -0.2) is 14.2 Å². The second-order valence-corrected chi connectivity index (χ2v) is 8.20. The van der Waals surface area contributed by atoms with Gasteiger partial charge >= 0.3 is 5.97 Å². The van der Waals surface area contributed by atoms with Crippen molar-refractivity contribution in [2.24, 2.45) is 0 Å². The van der Waals surface area contributed by atoms with Crippen molar-refractivity contribution in [1.82, 2.24) is 10.3 Å². The molecule has 0 aliphatic heterocycles. The Morgan fingerprint density at radius 2 is 1.79 bits per heavy atom. The van der Waals surface area contributed by atoms with Gasteiger partial charge in [0, 0.05) is 11.9 Å². The number of nitrogens with zero attached hydrogens (tertiary/aromatic N) is 1. The topological polar surface area (TPSA) is 90.7 Å². The third-order valence-electron chi connectivity index (χ3n) is 4.65. The number of furan rings is 1. The number of carbonyl (C=O) groups is 2. The fraction of sp³-hybridized carbons (Fsp3) is 0.160. The Labute approximate surface area is 199 Å². The summed E-state index contributed by atoms with van der Waals surface area (Å²) in [6.07, 6.45) is 0.154. The molecule has 2 aromatic heterocycles. The summed E-state index contributed by atoms with van der Waals surface area (Å²) < 4.78 is 29.1. The maximum atomic E-state index is 12.9. The Morgan fingerprint density at radius 1 is 1.00 bits per heavy atom. The second-order valence-electron chi connectivity index (χ2n) is 7.26. The summed E-state index contributed by atoms with van der Waals surface area (Å²) in [5, 5.41) is 5.24. The van der Waals surface area contributed by atoms with Crippen LogP contribution in [0.5, 0.6) is 5.75 Å². The summed E-state index contributed by atoms with van der Waals surface area (Å²) >= 11 is 1.33. The van der Waals surface area contributed by atoms with E-state index < -0.39 is 5.97 Å². The highest BCUT2D eigenvalue weighted by atomic mass is 32.1. The Bertz CT molecular complexity index is 1240. The molecule has 4 aromatic rings. The molecule has 0 saturated carbocycles. The maximum absolute atomic E-state index is 12.9. The van der Waals surface area contributed by atoms with Crippen molar-refractivity contribution in [3.05, 3.63) is 106 Å². The fourth-order valence-corrected chi connectivity index (χ4v) is 3.73. The van der Waals surface area contributed by atoms with Gasteiger partial charge in [-0.15, -0.1) is 11.3 Å². The quantitative estimate of drug-likeness (QED) is 0.332. The molecule has 34 heavy (non-hydrogen) atoms. The summed E-state index contributed by atoms with van der Waals surface area (Å²) in [5.41, 5.74) is 1.57. The molecule has 0 aliphatic rings. The minimum Gasteiger partial charge on any atom is -0.486 e. The van der Waals surface area contributed by atoms with Crippen molar-refractivity contribution < 1.29 is 27.9 Å². The Kier molecular flexibility index (Phi) is 7.67. The van der Waals surface area contributed by atoms with E-state index in [0.29, 0.717) is 28.8 Å². The first-order chi connectivity index (χ1) is 16.5. The highest BCUT2D eigenvalue weighted by Crippen LogP contribution is 2.17. The van der Waals surface area contributed by atoms with E-state index in [4.69, 9.17) is 13.9 Å². The maximum Gasteiger partial charge on any atom is 0.374 e. The third kappa shape index (κ3) is 6.76. The zero-order valence-corrected chi connectivity index (χ0v) is 18.8. The number of thiazole rings is 1. The second kappa shape index (κ2) is 11.2. The normalized spacial score (nSPS) is 10.6. The first kappa shape index (κ1) is 23.2. The highest BCUT2D eigenvalue weighted by molar-refractivity contribution is 7.09. The fourth-order valence-electron chi connectivity index (χ4n) is 2.95. The van der Waals surface area contributed by atoms with Gasteiger partial charge in [-0.05, 0) is 42.0 Å². The van der Waals surface area contributed by atoms with Gasteiger partial charge in [-0.3, -0.25) is 4.79 Å².